The number of nitrogens with zero attached hydrogens (tertiary/aromatic N) is 5. The number of nitrogens with one attached hydrogen (secondary N) is 1. The Morgan fingerprint density at radius 1 is 1.09 bits per heavy atom. The Kier molecular flexibility index (Phi) is 6.08. The Morgan fingerprint density at radius 2 is 1.81 bits per heavy atom. The lowest BCUT2D eigenvalue weighted by atomic mass is 10.2. The van der Waals surface area contributed by atoms with Crippen LogP contribution < -0.4 is 10.9 Å². The van der Waals surface area contributed by atoms with Gasteiger partial charge in [0, 0.05) is 38.3 Å². The first-order valence-electron chi connectivity index (χ1n) is 10.0. The molecular weight excluding hydrogens is 419 g/mol. The molecule has 166 valence electrons. The zero-order valence-corrected chi connectivity index (χ0v) is 17.3. The molecule has 11 heteroatoms. The predicted molar refractivity (Wildman–Crippen MR) is 112 cm³/mol. The number of anilines is 1. The van der Waals surface area contributed by atoms with Crippen LogP contribution in [0.15, 0.2) is 51.8 Å². The molecule has 3 heterocycles. The fourth-order valence-corrected chi connectivity index (χ4v) is 3.37. The highest BCUT2D eigenvalue weighted by atomic mass is 19.1. The van der Waals surface area contributed by atoms with Gasteiger partial charge in [-0.3, -0.25) is 19.3 Å². The highest BCUT2D eigenvalue weighted by molar-refractivity contribution is 5.92. The van der Waals surface area contributed by atoms with E-state index in [-0.39, 0.29) is 24.1 Å². The van der Waals surface area contributed by atoms with Gasteiger partial charge in [-0.2, -0.15) is 9.78 Å². The van der Waals surface area contributed by atoms with Gasteiger partial charge >= 0.3 is 0 Å². The summed E-state index contributed by atoms with van der Waals surface area (Å²) in [6.45, 7) is 3.74. The molecular formula is C21H21FN6O4. The van der Waals surface area contributed by atoms with Crippen molar-refractivity contribution < 1.29 is 18.5 Å². The minimum atomic E-state index is -0.434. The lowest BCUT2D eigenvalue weighted by Gasteiger charge is -2.34. The Balaban J connectivity index is 1.36. The van der Waals surface area contributed by atoms with E-state index in [1.807, 2.05) is 4.90 Å². The number of amides is 2. The average molecular weight is 440 g/mol. The number of halogens is 1. The van der Waals surface area contributed by atoms with Gasteiger partial charge in [0.25, 0.3) is 11.5 Å². The van der Waals surface area contributed by atoms with Gasteiger partial charge in [-0.1, -0.05) is 5.16 Å². The van der Waals surface area contributed by atoms with Crippen molar-refractivity contribution in [3.05, 3.63) is 70.1 Å². The van der Waals surface area contributed by atoms with E-state index in [0.717, 1.165) is 4.68 Å². The molecule has 1 fully saturated rings. The van der Waals surface area contributed by atoms with E-state index in [0.29, 0.717) is 43.4 Å². The van der Waals surface area contributed by atoms with Crippen molar-refractivity contribution in [2.75, 3.05) is 38.0 Å². The van der Waals surface area contributed by atoms with E-state index in [1.165, 1.54) is 36.4 Å². The summed E-state index contributed by atoms with van der Waals surface area (Å²) in [6.07, 6.45) is 0. The Bertz CT molecular complexity index is 1180. The maximum absolute atomic E-state index is 13.2. The quantitative estimate of drug-likeness (QED) is 0.631. The molecule has 3 aromatic rings. The van der Waals surface area contributed by atoms with Crippen LogP contribution in [0.5, 0.6) is 0 Å². The summed E-state index contributed by atoms with van der Waals surface area (Å²) in [5.74, 6) is 0.00124. The highest BCUT2D eigenvalue weighted by Crippen LogP contribution is 2.10. The molecule has 0 bridgehead atoms. The van der Waals surface area contributed by atoms with Crippen molar-refractivity contribution in [2.45, 2.75) is 6.92 Å². The largest absolute Gasteiger partial charge is 0.360 e. The molecule has 1 aliphatic heterocycles. The molecule has 1 aromatic carbocycles. The third kappa shape index (κ3) is 4.89. The first kappa shape index (κ1) is 21.4. The monoisotopic (exact) mass is 440 g/mol. The Hall–Kier alpha value is -3.86. The lowest BCUT2D eigenvalue weighted by Crippen LogP contribution is -2.50. The van der Waals surface area contributed by atoms with Crippen LogP contribution in [0.2, 0.25) is 0 Å². The standard InChI is InChI=1S/C21H21FN6O4/c1-14-12-18(25-32-14)23-19(29)13-26-8-10-27(11-9-26)21(31)17-6-7-20(30)28(24-17)16-4-2-15(22)3-5-16/h2-7,12H,8-11,13H2,1H3,(H,23,25,29). The van der Waals surface area contributed by atoms with Crippen molar-refractivity contribution in [3.8, 4) is 5.69 Å². The predicted octanol–water partition coefficient (Wildman–Crippen LogP) is 1.06. The lowest BCUT2D eigenvalue weighted by molar-refractivity contribution is -0.117. The summed E-state index contributed by atoms with van der Waals surface area (Å²) in [5.41, 5.74) is 0.0528. The number of benzene rings is 1. The van der Waals surface area contributed by atoms with Gasteiger partial charge in [0.15, 0.2) is 5.82 Å². The van der Waals surface area contributed by atoms with Crippen LogP contribution >= 0.6 is 0 Å². The maximum Gasteiger partial charge on any atom is 0.274 e. The van der Waals surface area contributed by atoms with E-state index >= 15 is 0 Å². The van der Waals surface area contributed by atoms with Crippen LogP contribution in [0.4, 0.5) is 10.2 Å². The maximum atomic E-state index is 13.2. The molecule has 0 saturated carbocycles. The fourth-order valence-electron chi connectivity index (χ4n) is 3.37. The van der Waals surface area contributed by atoms with Crippen LogP contribution in [-0.4, -0.2) is 69.3 Å². The number of hydrogen-bond donors (Lipinski definition) is 1. The van der Waals surface area contributed by atoms with Gasteiger partial charge < -0.3 is 14.7 Å². The van der Waals surface area contributed by atoms with Crippen molar-refractivity contribution in [3.63, 3.8) is 0 Å². The zero-order valence-electron chi connectivity index (χ0n) is 17.3. The molecule has 0 radical (unpaired) electrons. The summed E-state index contributed by atoms with van der Waals surface area (Å²) >= 11 is 0. The van der Waals surface area contributed by atoms with Gasteiger partial charge in [0.2, 0.25) is 5.91 Å². The van der Waals surface area contributed by atoms with Crippen LogP contribution in [0.1, 0.15) is 16.2 Å². The van der Waals surface area contributed by atoms with Crippen LogP contribution in [-0.2, 0) is 4.79 Å². The first-order valence-corrected chi connectivity index (χ1v) is 10.0. The number of rotatable bonds is 5. The van der Waals surface area contributed by atoms with Crippen LogP contribution in [0, 0.1) is 12.7 Å². The second kappa shape index (κ2) is 9.10. The molecule has 10 nitrogen and oxygen atoms in total. The molecule has 32 heavy (non-hydrogen) atoms. The van der Waals surface area contributed by atoms with Gasteiger partial charge in [0.05, 0.1) is 12.2 Å². The average Bonchev–Trinajstić information content (AvgIpc) is 3.19. The third-order valence-corrected chi connectivity index (χ3v) is 5.01. The second-order valence-corrected chi connectivity index (χ2v) is 7.38. The number of piperazine rings is 1. The van der Waals surface area contributed by atoms with E-state index in [9.17, 15) is 18.8 Å². The Labute approximate surface area is 182 Å². The fraction of sp³-hybridized carbons (Fsp3) is 0.286. The normalized spacial score (nSPS) is 14.4. The van der Waals surface area contributed by atoms with Gasteiger partial charge in [-0.05, 0) is 37.3 Å². The van der Waals surface area contributed by atoms with Gasteiger partial charge in [-0.15, -0.1) is 0 Å². The summed E-state index contributed by atoms with van der Waals surface area (Å²) < 4.78 is 19.2. The smallest absolute Gasteiger partial charge is 0.274 e. The molecule has 0 unspecified atom stereocenters. The van der Waals surface area contributed by atoms with Crippen molar-refractivity contribution in [1.82, 2.24) is 24.7 Å². The molecule has 0 aliphatic carbocycles. The summed E-state index contributed by atoms with van der Waals surface area (Å²) in [6, 6.07) is 9.55. The highest BCUT2D eigenvalue weighted by Gasteiger charge is 2.25. The number of aryl methyl sites for hydroxylation is 1. The topological polar surface area (TPSA) is 114 Å². The van der Waals surface area contributed by atoms with E-state index < -0.39 is 11.4 Å². The SMILES string of the molecule is Cc1cc(NC(=O)CN2CCN(C(=O)c3ccc(=O)n(-c4ccc(F)cc4)n3)CC2)no1. The zero-order chi connectivity index (χ0) is 22.7. The summed E-state index contributed by atoms with van der Waals surface area (Å²) in [5, 5.41) is 10.6. The minimum Gasteiger partial charge on any atom is -0.360 e. The number of hydrogen-bond acceptors (Lipinski definition) is 7. The van der Waals surface area contributed by atoms with Gasteiger partial charge in [-0.25, -0.2) is 4.39 Å². The van der Waals surface area contributed by atoms with Crippen molar-refractivity contribution in [1.29, 1.82) is 0 Å². The Morgan fingerprint density at radius 3 is 2.47 bits per heavy atom. The van der Waals surface area contributed by atoms with E-state index in [2.05, 4.69) is 15.6 Å². The molecule has 1 N–H and O–H groups in total. The summed E-state index contributed by atoms with van der Waals surface area (Å²) in [7, 11) is 0. The minimum absolute atomic E-state index is 0.113. The number of carbonyl (C=O) groups is 2. The van der Waals surface area contributed by atoms with Crippen molar-refractivity contribution >= 4 is 17.6 Å². The molecule has 1 saturated heterocycles. The third-order valence-electron chi connectivity index (χ3n) is 5.01. The first-order chi connectivity index (χ1) is 15.4. The number of aromatic nitrogens is 3. The summed E-state index contributed by atoms with van der Waals surface area (Å²) in [4.78, 5) is 40.8. The molecule has 2 aromatic heterocycles. The molecule has 0 spiro atoms. The number of carbonyl (C=O) groups excluding carboxylic acids is 2. The molecule has 2 amide bonds. The van der Waals surface area contributed by atoms with Crippen LogP contribution in [0.3, 0.4) is 0 Å². The van der Waals surface area contributed by atoms with E-state index in [1.54, 1.807) is 17.9 Å². The van der Waals surface area contributed by atoms with Gasteiger partial charge in [0.1, 0.15) is 17.3 Å². The molecule has 0 atom stereocenters. The molecule has 1 aliphatic rings. The van der Waals surface area contributed by atoms with Crippen LogP contribution in [0.25, 0.3) is 5.69 Å². The molecule has 4 rings (SSSR count). The second-order valence-electron chi connectivity index (χ2n) is 7.38. The van der Waals surface area contributed by atoms with E-state index in [4.69, 9.17) is 4.52 Å². The van der Waals surface area contributed by atoms with Crippen molar-refractivity contribution in [2.24, 2.45) is 0 Å².